The summed E-state index contributed by atoms with van der Waals surface area (Å²) in [5.41, 5.74) is 1.22. The average molecular weight is 252 g/mol. The molecule has 0 atom stereocenters. The molecule has 0 radical (unpaired) electrons. The molecule has 0 spiro atoms. The summed E-state index contributed by atoms with van der Waals surface area (Å²) >= 11 is 0. The Bertz CT molecular complexity index is 408. The average Bonchev–Trinajstić information content (AvgIpc) is 2.35. The lowest BCUT2D eigenvalue weighted by atomic mass is 10.1. The predicted molar refractivity (Wildman–Crippen MR) is 64.2 cm³/mol. The molecule has 0 aromatic heterocycles. The Kier molecular flexibility index (Phi) is 5.17. The van der Waals surface area contributed by atoms with Crippen LogP contribution in [0.15, 0.2) is 24.3 Å². The third kappa shape index (κ3) is 4.45. The second kappa shape index (κ2) is 6.64. The molecule has 1 rings (SSSR count). The van der Waals surface area contributed by atoms with Crippen molar-refractivity contribution >= 4 is 12.1 Å². The van der Waals surface area contributed by atoms with Gasteiger partial charge in [-0.25, -0.2) is 9.59 Å². The molecule has 0 aliphatic rings. The summed E-state index contributed by atoms with van der Waals surface area (Å²) in [5.74, 6) is -0.401. The molecule has 18 heavy (non-hydrogen) atoms. The van der Waals surface area contributed by atoms with E-state index in [1.54, 1.807) is 38.1 Å². The number of benzene rings is 1. The Morgan fingerprint density at radius 2 is 1.78 bits per heavy atom. The van der Waals surface area contributed by atoms with Crippen molar-refractivity contribution in [1.29, 1.82) is 0 Å². The van der Waals surface area contributed by atoms with Crippen LogP contribution in [0.5, 0.6) is 0 Å². The second-order valence-electron chi connectivity index (χ2n) is 3.89. The first-order valence-corrected chi connectivity index (χ1v) is 5.53. The highest BCUT2D eigenvalue weighted by atomic mass is 16.7. The van der Waals surface area contributed by atoms with E-state index in [9.17, 15) is 9.59 Å². The minimum absolute atomic E-state index is 0.104. The van der Waals surface area contributed by atoms with Gasteiger partial charge < -0.3 is 14.2 Å². The van der Waals surface area contributed by atoms with Gasteiger partial charge in [-0.3, -0.25) is 0 Å². The first kappa shape index (κ1) is 14.0. The van der Waals surface area contributed by atoms with E-state index >= 15 is 0 Å². The van der Waals surface area contributed by atoms with Crippen LogP contribution in [-0.4, -0.2) is 25.3 Å². The Balaban J connectivity index is 2.49. The fourth-order valence-electron chi connectivity index (χ4n) is 1.22. The third-order valence-corrected chi connectivity index (χ3v) is 2.06. The largest absolute Gasteiger partial charge is 0.508 e. The van der Waals surface area contributed by atoms with E-state index in [1.807, 2.05) is 0 Å². The zero-order chi connectivity index (χ0) is 13.5. The fraction of sp³-hybridized carbons (Fsp3) is 0.385. The minimum Gasteiger partial charge on any atom is -0.465 e. The van der Waals surface area contributed by atoms with Gasteiger partial charge in [-0.05, 0) is 31.5 Å². The van der Waals surface area contributed by atoms with Crippen LogP contribution in [-0.2, 0) is 20.8 Å². The van der Waals surface area contributed by atoms with Crippen molar-refractivity contribution in [2.24, 2.45) is 0 Å². The summed E-state index contributed by atoms with van der Waals surface area (Å²) in [6.07, 6.45) is -0.916. The number of esters is 1. The maximum absolute atomic E-state index is 11.2. The van der Waals surface area contributed by atoms with Crippen molar-refractivity contribution in [3.05, 3.63) is 35.4 Å². The Hall–Kier alpha value is -2.04. The van der Waals surface area contributed by atoms with Gasteiger partial charge in [0.15, 0.2) is 0 Å². The number of carbonyl (C=O) groups excluding carboxylic acids is 2. The van der Waals surface area contributed by atoms with Crippen molar-refractivity contribution in [1.82, 2.24) is 0 Å². The summed E-state index contributed by atoms with van der Waals surface area (Å²) in [6, 6.07) is 6.60. The molecule has 0 aliphatic carbocycles. The molecule has 0 saturated heterocycles. The highest BCUT2D eigenvalue weighted by Crippen LogP contribution is 2.07. The van der Waals surface area contributed by atoms with E-state index in [2.05, 4.69) is 4.74 Å². The Morgan fingerprint density at radius 3 is 2.28 bits per heavy atom. The molecule has 1 aromatic rings. The zero-order valence-electron chi connectivity index (χ0n) is 10.6. The predicted octanol–water partition coefficient (Wildman–Crippen LogP) is 2.53. The molecule has 1 aromatic carbocycles. The van der Waals surface area contributed by atoms with Crippen molar-refractivity contribution in [3.63, 3.8) is 0 Å². The number of hydrogen-bond acceptors (Lipinski definition) is 5. The normalized spacial score (nSPS) is 10.0. The van der Waals surface area contributed by atoms with Crippen LogP contribution in [0, 0.1) is 0 Å². The smallest absolute Gasteiger partial charge is 0.465 e. The van der Waals surface area contributed by atoms with E-state index in [4.69, 9.17) is 9.47 Å². The van der Waals surface area contributed by atoms with Crippen LogP contribution in [0.1, 0.15) is 29.8 Å². The molecule has 0 aliphatic heterocycles. The Labute approximate surface area is 106 Å². The van der Waals surface area contributed by atoms with E-state index < -0.39 is 12.1 Å². The lowest BCUT2D eigenvalue weighted by Gasteiger charge is -2.08. The van der Waals surface area contributed by atoms with Crippen LogP contribution in [0.25, 0.3) is 0 Å². The van der Waals surface area contributed by atoms with E-state index in [0.717, 1.165) is 5.56 Å². The standard InChI is InChI=1S/C13H16O5/c1-9(2)18-13(15)17-8-10-4-6-11(7-5-10)12(14)16-3/h4-7,9H,8H2,1-3H3. The summed E-state index contributed by atoms with van der Waals surface area (Å²) in [4.78, 5) is 22.3. The van der Waals surface area contributed by atoms with Gasteiger partial charge in [-0.1, -0.05) is 12.1 Å². The molecule has 5 nitrogen and oxygen atoms in total. The number of rotatable bonds is 4. The number of ether oxygens (including phenoxy) is 3. The minimum atomic E-state index is -0.706. The van der Waals surface area contributed by atoms with Gasteiger partial charge in [-0.15, -0.1) is 0 Å². The number of hydrogen-bond donors (Lipinski definition) is 0. The van der Waals surface area contributed by atoms with Crippen molar-refractivity contribution in [3.8, 4) is 0 Å². The molecule has 0 amide bonds. The van der Waals surface area contributed by atoms with Gasteiger partial charge >= 0.3 is 12.1 Å². The highest BCUT2D eigenvalue weighted by molar-refractivity contribution is 5.89. The summed E-state index contributed by atoms with van der Waals surface area (Å²) in [7, 11) is 1.32. The van der Waals surface area contributed by atoms with Gasteiger partial charge in [0, 0.05) is 0 Å². The maximum Gasteiger partial charge on any atom is 0.508 e. The van der Waals surface area contributed by atoms with Crippen LogP contribution >= 0.6 is 0 Å². The zero-order valence-corrected chi connectivity index (χ0v) is 10.6. The lowest BCUT2D eigenvalue weighted by molar-refractivity contribution is 0.0297. The van der Waals surface area contributed by atoms with Gasteiger partial charge in [-0.2, -0.15) is 0 Å². The summed E-state index contributed by atoms with van der Waals surface area (Å²) in [6.45, 7) is 3.59. The van der Waals surface area contributed by atoms with Gasteiger partial charge in [0.05, 0.1) is 18.8 Å². The Morgan fingerprint density at radius 1 is 1.17 bits per heavy atom. The summed E-state index contributed by atoms with van der Waals surface area (Å²) < 4.78 is 14.3. The quantitative estimate of drug-likeness (QED) is 0.770. The van der Waals surface area contributed by atoms with Gasteiger partial charge in [0.25, 0.3) is 0 Å². The SMILES string of the molecule is COC(=O)c1ccc(COC(=O)OC(C)C)cc1. The molecule has 0 bridgehead atoms. The first-order chi connectivity index (χ1) is 8.52. The van der Waals surface area contributed by atoms with Gasteiger partial charge in [0.2, 0.25) is 0 Å². The first-order valence-electron chi connectivity index (χ1n) is 5.53. The molecule has 0 N–H and O–H groups in total. The van der Waals surface area contributed by atoms with E-state index in [1.165, 1.54) is 7.11 Å². The third-order valence-electron chi connectivity index (χ3n) is 2.06. The number of carbonyl (C=O) groups is 2. The van der Waals surface area contributed by atoms with Crippen LogP contribution < -0.4 is 0 Å². The topological polar surface area (TPSA) is 61.8 Å². The molecule has 0 fully saturated rings. The van der Waals surface area contributed by atoms with Crippen LogP contribution in [0.3, 0.4) is 0 Å². The van der Waals surface area contributed by atoms with Crippen molar-refractivity contribution in [2.45, 2.75) is 26.6 Å². The molecule has 0 heterocycles. The van der Waals surface area contributed by atoms with Crippen LogP contribution in [0.4, 0.5) is 4.79 Å². The van der Waals surface area contributed by atoms with Gasteiger partial charge in [0.1, 0.15) is 6.61 Å². The fourth-order valence-corrected chi connectivity index (χ4v) is 1.22. The molecule has 98 valence electrons. The van der Waals surface area contributed by atoms with E-state index in [0.29, 0.717) is 5.56 Å². The number of methoxy groups -OCH3 is 1. The molecular formula is C13H16O5. The monoisotopic (exact) mass is 252 g/mol. The van der Waals surface area contributed by atoms with E-state index in [-0.39, 0.29) is 12.7 Å². The molecular weight excluding hydrogens is 236 g/mol. The van der Waals surface area contributed by atoms with Crippen molar-refractivity contribution < 1.29 is 23.8 Å². The second-order valence-corrected chi connectivity index (χ2v) is 3.89. The van der Waals surface area contributed by atoms with Crippen molar-refractivity contribution in [2.75, 3.05) is 7.11 Å². The summed E-state index contributed by atoms with van der Waals surface area (Å²) in [5, 5.41) is 0. The lowest BCUT2D eigenvalue weighted by Crippen LogP contribution is -2.12. The maximum atomic E-state index is 11.2. The van der Waals surface area contributed by atoms with Crippen LogP contribution in [0.2, 0.25) is 0 Å². The molecule has 0 unspecified atom stereocenters. The highest BCUT2D eigenvalue weighted by Gasteiger charge is 2.08. The molecule has 0 saturated carbocycles. The molecule has 5 heteroatoms.